The summed E-state index contributed by atoms with van der Waals surface area (Å²) in [5, 5.41) is 1.18. The summed E-state index contributed by atoms with van der Waals surface area (Å²) in [5.74, 6) is 1.01. The Bertz CT molecular complexity index is 1090. The molecule has 0 saturated heterocycles. The molecule has 0 aliphatic rings. The molecule has 0 N–H and O–H groups in total. The number of halogens is 1. The molecule has 0 aliphatic heterocycles. The average molecular weight is 366 g/mol. The molecule has 0 bridgehead atoms. The fourth-order valence-electron chi connectivity index (χ4n) is 2.68. The van der Waals surface area contributed by atoms with Gasteiger partial charge in [-0.05, 0) is 42.0 Å². The Hall–Kier alpha value is -2.86. The molecule has 4 rings (SSSR count). The van der Waals surface area contributed by atoms with Crippen molar-refractivity contribution < 1.29 is 8.81 Å². The van der Waals surface area contributed by atoms with Crippen molar-refractivity contribution in [2.45, 2.75) is 17.5 Å². The molecular formula is C20H15FN2O2S. The Balaban J connectivity index is 1.73. The second-order valence-electron chi connectivity index (χ2n) is 5.80. The molecule has 0 unspecified atom stereocenters. The second-order valence-corrected chi connectivity index (χ2v) is 6.74. The molecule has 0 radical (unpaired) electrons. The van der Waals surface area contributed by atoms with Crippen LogP contribution in [0.4, 0.5) is 4.39 Å². The molecule has 4 aromatic rings. The molecule has 0 saturated carbocycles. The maximum atomic E-state index is 13.1. The number of para-hydroxylation sites is 1. The molecule has 26 heavy (non-hydrogen) atoms. The van der Waals surface area contributed by atoms with Gasteiger partial charge in [-0.1, -0.05) is 36.0 Å². The zero-order chi connectivity index (χ0) is 17.9. The van der Waals surface area contributed by atoms with E-state index in [4.69, 9.17) is 4.42 Å². The largest absolute Gasteiger partial charge is 0.467 e. The summed E-state index contributed by atoms with van der Waals surface area (Å²) in [6, 6.07) is 17.2. The third kappa shape index (κ3) is 3.41. The van der Waals surface area contributed by atoms with Gasteiger partial charge in [-0.25, -0.2) is 9.37 Å². The van der Waals surface area contributed by atoms with Gasteiger partial charge in [0.05, 0.1) is 23.7 Å². The summed E-state index contributed by atoms with van der Waals surface area (Å²) >= 11 is 1.44. The number of hydrogen-bond acceptors (Lipinski definition) is 4. The first-order chi connectivity index (χ1) is 12.7. The van der Waals surface area contributed by atoms with Crippen LogP contribution >= 0.6 is 11.8 Å². The number of furan rings is 1. The van der Waals surface area contributed by atoms with E-state index in [9.17, 15) is 9.18 Å². The Kier molecular flexibility index (Phi) is 4.58. The zero-order valence-corrected chi connectivity index (χ0v) is 14.6. The summed E-state index contributed by atoms with van der Waals surface area (Å²) in [5.41, 5.74) is 1.52. The van der Waals surface area contributed by atoms with Gasteiger partial charge in [0.1, 0.15) is 11.6 Å². The molecule has 0 fully saturated rings. The van der Waals surface area contributed by atoms with Gasteiger partial charge in [0, 0.05) is 5.75 Å². The van der Waals surface area contributed by atoms with Gasteiger partial charge in [-0.3, -0.25) is 9.36 Å². The lowest BCUT2D eigenvalue weighted by atomic mass is 10.2. The minimum absolute atomic E-state index is 0.103. The zero-order valence-electron chi connectivity index (χ0n) is 13.8. The molecule has 0 amide bonds. The molecule has 0 atom stereocenters. The van der Waals surface area contributed by atoms with E-state index in [1.165, 1.54) is 23.9 Å². The number of nitrogens with zero attached hydrogens (tertiary/aromatic N) is 2. The van der Waals surface area contributed by atoms with Crippen LogP contribution in [0, 0.1) is 5.82 Å². The molecule has 130 valence electrons. The van der Waals surface area contributed by atoms with Gasteiger partial charge < -0.3 is 4.42 Å². The van der Waals surface area contributed by atoms with Crippen LogP contribution in [0.25, 0.3) is 10.9 Å². The number of aromatic nitrogens is 2. The van der Waals surface area contributed by atoms with E-state index in [1.807, 2.05) is 24.3 Å². The minimum atomic E-state index is -0.266. The SMILES string of the molecule is O=c1c2ccccc2nc(SCc2ccc(F)cc2)n1Cc1ccco1. The van der Waals surface area contributed by atoms with Gasteiger partial charge in [-0.2, -0.15) is 0 Å². The third-order valence-corrected chi connectivity index (χ3v) is 5.05. The number of fused-ring (bicyclic) bond motifs is 1. The van der Waals surface area contributed by atoms with Crippen LogP contribution in [0.5, 0.6) is 0 Å². The van der Waals surface area contributed by atoms with Crippen LogP contribution in [0.3, 0.4) is 0 Å². The number of thioether (sulfide) groups is 1. The molecule has 6 heteroatoms. The van der Waals surface area contributed by atoms with Crippen molar-refractivity contribution in [2.24, 2.45) is 0 Å². The molecule has 4 nitrogen and oxygen atoms in total. The molecule has 2 heterocycles. The van der Waals surface area contributed by atoms with Crippen molar-refractivity contribution in [3.8, 4) is 0 Å². The summed E-state index contributed by atoms with van der Waals surface area (Å²) in [6.45, 7) is 0.315. The van der Waals surface area contributed by atoms with E-state index in [1.54, 1.807) is 35.1 Å². The number of hydrogen-bond donors (Lipinski definition) is 0. The first-order valence-corrected chi connectivity index (χ1v) is 9.08. The monoisotopic (exact) mass is 366 g/mol. The lowest BCUT2D eigenvalue weighted by Crippen LogP contribution is -2.23. The van der Waals surface area contributed by atoms with E-state index in [0.717, 1.165) is 5.56 Å². The highest BCUT2D eigenvalue weighted by Crippen LogP contribution is 2.23. The van der Waals surface area contributed by atoms with Crippen LogP contribution in [-0.2, 0) is 12.3 Å². The Morgan fingerprint density at radius 2 is 1.85 bits per heavy atom. The van der Waals surface area contributed by atoms with Gasteiger partial charge in [-0.15, -0.1) is 0 Å². The smallest absolute Gasteiger partial charge is 0.262 e. The summed E-state index contributed by atoms with van der Waals surface area (Å²) in [4.78, 5) is 17.6. The van der Waals surface area contributed by atoms with E-state index < -0.39 is 0 Å². The van der Waals surface area contributed by atoms with E-state index >= 15 is 0 Å². The Labute approximate surface area is 153 Å². The number of rotatable bonds is 5. The standard InChI is InChI=1S/C20H15FN2O2S/c21-15-9-7-14(8-10-15)13-26-20-22-18-6-2-1-5-17(18)19(24)23(20)12-16-4-3-11-25-16/h1-11H,12-13H2. The van der Waals surface area contributed by atoms with Crippen molar-refractivity contribution in [3.05, 3.63) is 94.4 Å². The predicted molar refractivity (Wildman–Crippen MR) is 99.8 cm³/mol. The van der Waals surface area contributed by atoms with Crippen LogP contribution in [0.2, 0.25) is 0 Å². The van der Waals surface area contributed by atoms with Gasteiger partial charge >= 0.3 is 0 Å². The lowest BCUT2D eigenvalue weighted by Gasteiger charge is -2.12. The van der Waals surface area contributed by atoms with E-state index in [-0.39, 0.29) is 11.4 Å². The van der Waals surface area contributed by atoms with Gasteiger partial charge in [0.15, 0.2) is 5.16 Å². The second kappa shape index (κ2) is 7.17. The van der Waals surface area contributed by atoms with Crippen molar-refractivity contribution >= 4 is 22.7 Å². The first kappa shape index (κ1) is 16.6. The van der Waals surface area contributed by atoms with E-state index in [0.29, 0.717) is 34.1 Å². The van der Waals surface area contributed by atoms with Gasteiger partial charge in [0.25, 0.3) is 5.56 Å². The Morgan fingerprint density at radius 1 is 1.04 bits per heavy atom. The van der Waals surface area contributed by atoms with Crippen molar-refractivity contribution in [1.29, 1.82) is 0 Å². The van der Waals surface area contributed by atoms with Gasteiger partial charge in [0.2, 0.25) is 0 Å². The highest BCUT2D eigenvalue weighted by atomic mass is 32.2. The normalized spacial score (nSPS) is 11.1. The summed E-state index contributed by atoms with van der Waals surface area (Å²) in [7, 11) is 0. The van der Waals surface area contributed by atoms with E-state index in [2.05, 4.69) is 4.98 Å². The summed E-state index contributed by atoms with van der Waals surface area (Å²) in [6.07, 6.45) is 1.58. The quantitative estimate of drug-likeness (QED) is 0.386. The minimum Gasteiger partial charge on any atom is -0.467 e. The van der Waals surface area contributed by atoms with Crippen molar-refractivity contribution in [2.75, 3.05) is 0 Å². The summed E-state index contributed by atoms with van der Waals surface area (Å²) < 4.78 is 20.1. The fraction of sp³-hybridized carbons (Fsp3) is 0.100. The third-order valence-electron chi connectivity index (χ3n) is 4.00. The van der Waals surface area contributed by atoms with Crippen LogP contribution in [-0.4, -0.2) is 9.55 Å². The lowest BCUT2D eigenvalue weighted by molar-refractivity contribution is 0.476. The van der Waals surface area contributed by atoms with Crippen molar-refractivity contribution in [1.82, 2.24) is 9.55 Å². The van der Waals surface area contributed by atoms with Crippen LogP contribution in [0.15, 0.2) is 81.3 Å². The van der Waals surface area contributed by atoms with Crippen molar-refractivity contribution in [3.63, 3.8) is 0 Å². The molecule has 0 spiro atoms. The predicted octanol–water partition coefficient (Wildman–Crippen LogP) is 4.47. The highest BCUT2D eigenvalue weighted by Gasteiger charge is 2.13. The maximum absolute atomic E-state index is 13.1. The topological polar surface area (TPSA) is 48.0 Å². The van der Waals surface area contributed by atoms with Crippen LogP contribution < -0.4 is 5.56 Å². The Morgan fingerprint density at radius 3 is 2.62 bits per heavy atom. The first-order valence-electron chi connectivity index (χ1n) is 8.10. The highest BCUT2D eigenvalue weighted by molar-refractivity contribution is 7.98. The fourth-order valence-corrected chi connectivity index (χ4v) is 3.64. The number of benzene rings is 2. The molecule has 0 aliphatic carbocycles. The molecular weight excluding hydrogens is 351 g/mol. The maximum Gasteiger partial charge on any atom is 0.262 e. The average Bonchev–Trinajstić information content (AvgIpc) is 3.17. The molecule has 2 aromatic carbocycles. The molecule has 2 aromatic heterocycles. The van der Waals surface area contributed by atoms with Crippen LogP contribution in [0.1, 0.15) is 11.3 Å².